The van der Waals surface area contributed by atoms with E-state index in [2.05, 4.69) is 20.3 Å². The molecule has 0 radical (unpaired) electrons. The summed E-state index contributed by atoms with van der Waals surface area (Å²) in [5, 5.41) is 15.9. The molecule has 0 bridgehead atoms. The van der Waals surface area contributed by atoms with Gasteiger partial charge >= 0.3 is 5.97 Å². The molecule has 70 valence electrons. The Morgan fingerprint density at radius 1 is 1.50 bits per heavy atom. The van der Waals surface area contributed by atoms with Gasteiger partial charge < -0.3 is 5.11 Å². The monoisotopic (exact) mass is 191 g/mol. The maximum Gasteiger partial charge on any atom is 0.356 e. The highest BCUT2D eigenvalue weighted by molar-refractivity contribution is 5.85. The molecule has 14 heavy (non-hydrogen) atoms. The van der Waals surface area contributed by atoms with Gasteiger partial charge in [-0.3, -0.25) is 0 Å². The Morgan fingerprint density at radius 2 is 2.36 bits per heavy atom. The fraction of sp³-hybridized carbons (Fsp3) is 0. The van der Waals surface area contributed by atoms with E-state index in [0.717, 1.165) is 10.9 Å². The summed E-state index contributed by atoms with van der Waals surface area (Å²) in [6, 6.07) is 1.54. The molecule has 0 spiro atoms. The lowest BCUT2D eigenvalue weighted by molar-refractivity contribution is 0.0687. The molecule has 0 atom stereocenters. The first kappa shape index (κ1) is 8.30. The van der Waals surface area contributed by atoms with Gasteiger partial charge in [-0.15, -0.1) is 5.10 Å². The Balaban J connectivity index is 2.52. The molecule has 1 N–H and O–H groups in total. The van der Waals surface area contributed by atoms with Gasteiger partial charge in [0.15, 0.2) is 11.5 Å². The van der Waals surface area contributed by atoms with Crippen LogP contribution < -0.4 is 0 Å². The van der Waals surface area contributed by atoms with Gasteiger partial charge in [0, 0.05) is 12.3 Å². The lowest BCUT2D eigenvalue weighted by Gasteiger charge is -1.99. The van der Waals surface area contributed by atoms with Crippen LogP contribution >= 0.6 is 0 Å². The average molecular weight is 191 g/mol. The second-order valence-corrected chi connectivity index (χ2v) is 2.40. The summed E-state index contributed by atoms with van der Waals surface area (Å²) in [5.41, 5.74) is -0.0382. The number of carbonyl (C=O) groups is 1. The zero-order chi connectivity index (χ0) is 9.97. The van der Waals surface area contributed by atoms with E-state index in [1.807, 2.05) is 0 Å². The summed E-state index contributed by atoms with van der Waals surface area (Å²) in [6.07, 6.45) is 3.96. The molecule has 0 aliphatic carbocycles. The van der Waals surface area contributed by atoms with Crippen LogP contribution in [0.15, 0.2) is 24.8 Å². The van der Waals surface area contributed by atoms with Crippen LogP contribution in [0.3, 0.4) is 0 Å². The van der Waals surface area contributed by atoms with Gasteiger partial charge in [-0.1, -0.05) is 5.21 Å². The summed E-state index contributed by atoms with van der Waals surface area (Å²) in [6.45, 7) is 0. The van der Waals surface area contributed by atoms with Crippen LogP contribution in [-0.2, 0) is 0 Å². The highest BCUT2D eigenvalue weighted by Gasteiger charge is 2.13. The van der Waals surface area contributed by atoms with Crippen molar-refractivity contribution in [2.75, 3.05) is 0 Å². The normalized spacial score (nSPS) is 10.0. The molecule has 0 aromatic carbocycles. The smallest absolute Gasteiger partial charge is 0.356 e. The lowest BCUT2D eigenvalue weighted by Crippen LogP contribution is -2.09. The van der Waals surface area contributed by atoms with Crippen LogP contribution in [0, 0.1) is 0 Å². The number of carboxylic acid groups (broad SMARTS) is 1. The first-order valence-electron chi connectivity index (χ1n) is 3.69. The van der Waals surface area contributed by atoms with E-state index in [-0.39, 0.29) is 5.69 Å². The van der Waals surface area contributed by atoms with E-state index in [9.17, 15) is 4.79 Å². The third kappa shape index (κ3) is 1.30. The lowest BCUT2D eigenvalue weighted by atomic mass is 10.4. The summed E-state index contributed by atoms with van der Waals surface area (Å²) in [5.74, 6) is -0.733. The Hall–Kier alpha value is -2.31. The molecule has 2 aromatic rings. The summed E-state index contributed by atoms with van der Waals surface area (Å²) < 4.78 is 1.13. The van der Waals surface area contributed by atoms with Crippen molar-refractivity contribution in [2.45, 2.75) is 0 Å². The van der Waals surface area contributed by atoms with Crippen molar-refractivity contribution in [1.29, 1.82) is 0 Å². The summed E-state index contributed by atoms with van der Waals surface area (Å²) in [4.78, 5) is 18.3. The van der Waals surface area contributed by atoms with E-state index >= 15 is 0 Å². The van der Waals surface area contributed by atoms with Crippen LogP contribution in [0.2, 0.25) is 0 Å². The van der Waals surface area contributed by atoms with E-state index in [1.165, 1.54) is 12.5 Å². The molecule has 2 aromatic heterocycles. The van der Waals surface area contributed by atoms with Gasteiger partial charge in [-0.2, -0.15) is 4.68 Å². The predicted molar refractivity (Wildman–Crippen MR) is 43.9 cm³/mol. The summed E-state index contributed by atoms with van der Waals surface area (Å²) in [7, 11) is 0. The van der Waals surface area contributed by atoms with Crippen LogP contribution in [0.4, 0.5) is 0 Å². The highest BCUT2D eigenvalue weighted by atomic mass is 16.4. The molecule has 2 heterocycles. The SMILES string of the molecule is O=C(O)c1cnnn1-c1ccncn1. The van der Waals surface area contributed by atoms with Gasteiger partial charge in [-0.05, 0) is 0 Å². The van der Waals surface area contributed by atoms with Gasteiger partial charge in [-0.25, -0.2) is 14.8 Å². The fourth-order valence-electron chi connectivity index (χ4n) is 0.959. The summed E-state index contributed by atoms with van der Waals surface area (Å²) >= 11 is 0. The quantitative estimate of drug-likeness (QED) is 0.703. The molecular weight excluding hydrogens is 186 g/mol. The molecule has 0 unspecified atom stereocenters. The maximum absolute atomic E-state index is 10.7. The van der Waals surface area contributed by atoms with Crippen LogP contribution in [0.1, 0.15) is 10.5 Å². The first-order valence-corrected chi connectivity index (χ1v) is 3.69. The van der Waals surface area contributed by atoms with Crippen LogP contribution in [0.5, 0.6) is 0 Å². The largest absolute Gasteiger partial charge is 0.476 e. The first-order chi connectivity index (χ1) is 6.79. The average Bonchev–Trinajstić information content (AvgIpc) is 2.67. The van der Waals surface area contributed by atoms with E-state index < -0.39 is 5.97 Å². The highest BCUT2D eigenvalue weighted by Crippen LogP contribution is 2.03. The van der Waals surface area contributed by atoms with Crippen molar-refractivity contribution >= 4 is 5.97 Å². The van der Waals surface area contributed by atoms with Crippen molar-refractivity contribution in [3.63, 3.8) is 0 Å². The molecular formula is C7H5N5O2. The molecule has 0 amide bonds. The minimum absolute atomic E-state index is 0.0382. The Morgan fingerprint density at radius 3 is 3.00 bits per heavy atom. The number of nitrogens with zero attached hydrogens (tertiary/aromatic N) is 5. The topological polar surface area (TPSA) is 93.8 Å². The second-order valence-electron chi connectivity index (χ2n) is 2.40. The number of hydrogen-bond acceptors (Lipinski definition) is 5. The molecule has 7 nitrogen and oxygen atoms in total. The maximum atomic E-state index is 10.7. The molecule has 2 rings (SSSR count). The minimum Gasteiger partial charge on any atom is -0.476 e. The number of carboxylic acids is 1. The van der Waals surface area contributed by atoms with E-state index in [0.29, 0.717) is 5.82 Å². The second kappa shape index (κ2) is 3.21. The third-order valence-corrected chi connectivity index (χ3v) is 1.55. The van der Waals surface area contributed by atoms with E-state index in [1.54, 1.807) is 6.07 Å². The number of hydrogen-bond donors (Lipinski definition) is 1. The van der Waals surface area contributed by atoms with Crippen molar-refractivity contribution in [2.24, 2.45) is 0 Å². The Kier molecular flexibility index (Phi) is 1.90. The number of aromatic nitrogens is 5. The van der Waals surface area contributed by atoms with Crippen molar-refractivity contribution in [3.8, 4) is 5.82 Å². The standard InChI is InChI=1S/C7H5N5O2/c13-7(14)5-3-10-11-12(5)6-1-2-8-4-9-6/h1-4H,(H,13,14). The van der Waals surface area contributed by atoms with Crippen molar-refractivity contribution in [3.05, 3.63) is 30.5 Å². The molecule has 0 aliphatic heterocycles. The minimum atomic E-state index is -1.10. The molecule has 0 aliphatic rings. The number of rotatable bonds is 2. The molecule has 7 heteroatoms. The van der Waals surface area contributed by atoms with E-state index in [4.69, 9.17) is 5.11 Å². The molecule has 0 saturated carbocycles. The van der Waals surface area contributed by atoms with Crippen LogP contribution in [-0.4, -0.2) is 36.0 Å². The van der Waals surface area contributed by atoms with Gasteiger partial charge in [0.25, 0.3) is 0 Å². The zero-order valence-electron chi connectivity index (χ0n) is 6.90. The Labute approximate surface area is 78.0 Å². The van der Waals surface area contributed by atoms with Crippen LogP contribution in [0.25, 0.3) is 5.82 Å². The molecule has 0 saturated heterocycles. The third-order valence-electron chi connectivity index (χ3n) is 1.55. The zero-order valence-corrected chi connectivity index (χ0v) is 6.90. The Bertz CT molecular complexity index is 452. The predicted octanol–water partition coefficient (Wildman–Crippen LogP) is -0.244. The van der Waals surface area contributed by atoms with Gasteiger partial charge in [0.05, 0.1) is 6.20 Å². The van der Waals surface area contributed by atoms with Gasteiger partial charge in [0.1, 0.15) is 6.33 Å². The fourth-order valence-corrected chi connectivity index (χ4v) is 0.959. The molecule has 0 fully saturated rings. The van der Waals surface area contributed by atoms with Crippen molar-refractivity contribution < 1.29 is 9.90 Å². The number of aromatic carboxylic acids is 1. The van der Waals surface area contributed by atoms with Gasteiger partial charge in [0.2, 0.25) is 0 Å². The van der Waals surface area contributed by atoms with Crippen molar-refractivity contribution in [1.82, 2.24) is 25.0 Å².